The molecular formula is C18H17F3N4O3S. The topological polar surface area (TPSA) is 97.0 Å². The van der Waals surface area contributed by atoms with Crippen LogP contribution in [0.1, 0.15) is 18.7 Å². The smallest absolute Gasteiger partial charge is 0.404 e. The molecule has 3 rings (SSSR count). The van der Waals surface area contributed by atoms with Crippen molar-refractivity contribution < 1.29 is 26.3 Å². The minimum Gasteiger partial charge on any atom is -0.482 e. The zero-order chi connectivity index (χ0) is 21.1. The van der Waals surface area contributed by atoms with Gasteiger partial charge in [0.2, 0.25) is 10.0 Å². The Bertz CT molecular complexity index is 1060. The molecule has 1 aromatic carbocycles. The third kappa shape index (κ3) is 5.70. The molecule has 2 aromatic heterocycles. The summed E-state index contributed by atoms with van der Waals surface area (Å²) in [5.41, 5.74) is 1.71. The van der Waals surface area contributed by atoms with Gasteiger partial charge in [-0.15, -0.1) is 0 Å². The molecule has 0 spiro atoms. The van der Waals surface area contributed by atoms with E-state index < -0.39 is 28.1 Å². The van der Waals surface area contributed by atoms with E-state index in [1.807, 2.05) is 4.72 Å². The van der Waals surface area contributed by atoms with Crippen molar-refractivity contribution in [3.8, 4) is 17.0 Å². The summed E-state index contributed by atoms with van der Waals surface area (Å²) < 4.78 is 69.3. The number of anilines is 1. The average Bonchev–Trinajstić information content (AvgIpc) is 3.16. The zero-order valence-corrected chi connectivity index (χ0v) is 16.0. The summed E-state index contributed by atoms with van der Waals surface area (Å²) in [6.45, 7) is 1.69. The molecule has 0 bridgehead atoms. The van der Waals surface area contributed by atoms with Crippen molar-refractivity contribution in [2.45, 2.75) is 19.2 Å². The zero-order valence-electron chi connectivity index (χ0n) is 15.1. The predicted molar refractivity (Wildman–Crippen MR) is 101 cm³/mol. The molecule has 0 amide bonds. The van der Waals surface area contributed by atoms with E-state index in [1.165, 1.54) is 24.4 Å². The van der Waals surface area contributed by atoms with Crippen LogP contribution in [0.3, 0.4) is 0 Å². The van der Waals surface area contributed by atoms with Crippen LogP contribution in [0.4, 0.5) is 18.9 Å². The molecule has 11 heteroatoms. The molecule has 0 saturated heterocycles. The molecule has 7 nitrogen and oxygen atoms in total. The minimum atomic E-state index is -4.87. The summed E-state index contributed by atoms with van der Waals surface area (Å²) in [4.78, 5) is 4.17. The number of alkyl halides is 3. The van der Waals surface area contributed by atoms with Crippen molar-refractivity contribution >= 4 is 15.7 Å². The van der Waals surface area contributed by atoms with E-state index in [4.69, 9.17) is 4.74 Å². The highest BCUT2D eigenvalue weighted by Crippen LogP contribution is 2.34. The van der Waals surface area contributed by atoms with Gasteiger partial charge >= 0.3 is 6.18 Å². The lowest BCUT2D eigenvalue weighted by Gasteiger charge is -2.19. The number of nitrogens with one attached hydrogen (secondary N) is 2. The van der Waals surface area contributed by atoms with Crippen LogP contribution in [-0.4, -0.2) is 35.5 Å². The lowest BCUT2D eigenvalue weighted by Crippen LogP contribution is -2.28. The highest BCUT2D eigenvalue weighted by Gasteiger charge is 2.35. The molecule has 0 fully saturated rings. The fourth-order valence-corrected chi connectivity index (χ4v) is 3.58. The number of hydrogen-bond donors (Lipinski definition) is 2. The van der Waals surface area contributed by atoms with E-state index in [0.29, 0.717) is 17.0 Å². The fourth-order valence-electron chi connectivity index (χ4n) is 2.57. The van der Waals surface area contributed by atoms with Crippen molar-refractivity contribution in [3.63, 3.8) is 0 Å². The van der Waals surface area contributed by atoms with Gasteiger partial charge in [-0.25, -0.2) is 8.42 Å². The Hall–Kier alpha value is -3.08. The molecule has 0 aliphatic carbocycles. The molecule has 1 atom stereocenters. The summed E-state index contributed by atoms with van der Waals surface area (Å²) in [6.07, 6.45) is -2.35. The van der Waals surface area contributed by atoms with Crippen LogP contribution < -0.4 is 9.46 Å². The quantitative estimate of drug-likeness (QED) is 0.597. The van der Waals surface area contributed by atoms with Crippen LogP contribution in [0.15, 0.2) is 54.9 Å². The standard InChI is InChI=1S/C18H17F3N4O3S/c1-12(14-4-2-3-8-22-14)28-17-10-13(15-7-9-23-24-15)5-6-16(17)25-29(26,27)11-18(19,20)21/h2-10,12,25H,11H2,1H3,(H,23,24). The first-order valence-corrected chi connectivity index (χ1v) is 10.1. The molecule has 29 heavy (non-hydrogen) atoms. The first-order valence-electron chi connectivity index (χ1n) is 8.41. The van der Waals surface area contributed by atoms with Gasteiger partial charge in [0.05, 0.1) is 17.1 Å². The number of aromatic amines is 1. The van der Waals surface area contributed by atoms with E-state index in [2.05, 4.69) is 15.2 Å². The highest BCUT2D eigenvalue weighted by atomic mass is 32.2. The van der Waals surface area contributed by atoms with Crippen LogP contribution in [0.25, 0.3) is 11.3 Å². The van der Waals surface area contributed by atoms with Crippen LogP contribution >= 0.6 is 0 Å². The second kappa shape index (κ2) is 8.11. The second-order valence-corrected chi connectivity index (χ2v) is 7.89. The molecule has 154 valence electrons. The van der Waals surface area contributed by atoms with Gasteiger partial charge in [-0.3, -0.25) is 14.8 Å². The molecule has 0 aliphatic heterocycles. The normalized spacial score (nSPS) is 13.1. The van der Waals surface area contributed by atoms with Gasteiger partial charge in [-0.05, 0) is 37.3 Å². The maximum absolute atomic E-state index is 12.6. The average molecular weight is 426 g/mol. The monoisotopic (exact) mass is 426 g/mol. The maximum Gasteiger partial charge on any atom is 0.404 e. The fraction of sp³-hybridized carbons (Fsp3) is 0.222. The van der Waals surface area contributed by atoms with Gasteiger partial charge in [0.25, 0.3) is 0 Å². The summed E-state index contributed by atoms with van der Waals surface area (Å²) in [5, 5.41) is 6.61. The van der Waals surface area contributed by atoms with Gasteiger partial charge in [0.1, 0.15) is 11.9 Å². The van der Waals surface area contributed by atoms with E-state index in [0.717, 1.165) is 0 Å². The number of rotatable bonds is 7. The molecule has 3 aromatic rings. The van der Waals surface area contributed by atoms with Crippen molar-refractivity contribution in [2.24, 2.45) is 0 Å². The number of benzene rings is 1. The number of H-pyrrole nitrogens is 1. The highest BCUT2D eigenvalue weighted by molar-refractivity contribution is 7.92. The molecular weight excluding hydrogens is 409 g/mol. The Morgan fingerprint density at radius 3 is 2.59 bits per heavy atom. The van der Waals surface area contributed by atoms with Gasteiger partial charge in [0.15, 0.2) is 5.75 Å². The van der Waals surface area contributed by atoms with Crippen molar-refractivity contribution in [3.05, 3.63) is 60.6 Å². The van der Waals surface area contributed by atoms with E-state index in [9.17, 15) is 21.6 Å². The Labute approximate surface area is 165 Å². The summed E-state index contributed by atoms with van der Waals surface area (Å²) in [6, 6.07) is 11.3. The Kier molecular flexibility index (Phi) is 5.78. The number of nitrogens with zero attached hydrogens (tertiary/aromatic N) is 2. The molecule has 0 aliphatic rings. The van der Waals surface area contributed by atoms with Gasteiger partial charge in [-0.1, -0.05) is 12.1 Å². The van der Waals surface area contributed by atoms with Crippen molar-refractivity contribution in [1.29, 1.82) is 0 Å². The first kappa shape index (κ1) is 20.6. The van der Waals surface area contributed by atoms with Crippen LogP contribution in [0.2, 0.25) is 0 Å². The SMILES string of the molecule is CC(Oc1cc(-c2ccn[nH]2)ccc1NS(=O)(=O)CC(F)(F)F)c1ccccn1. The molecule has 2 heterocycles. The number of sulfonamides is 1. The number of halogens is 3. The van der Waals surface area contributed by atoms with E-state index in [-0.39, 0.29) is 11.4 Å². The number of ether oxygens (including phenoxy) is 1. The number of hydrogen-bond acceptors (Lipinski definition) is 5. The lowest BCUT2D eigenvalue weighted by atomic mass is 10.1. The van der Waals surface area contributed by atoms with Crippen molar-refractivity contribution in [1.82, 2.24) is 15.2 Å². The van der Waals surface area contributed by atoms with Crippen LogP contribution in [0.5, 0.6) is 5.75 Å². The minimum absolute atomic E-state index is 0.0565. The van der Waals surface area contributed by atoms with E-state index in [1.54, 1.807) is 37.4 Å². The third-order valence-electron chi connectivity index (χ3n) is 3.82. The van der Waals surface area contributed by atoms with Crippen LogP contribution in [-0.2, 0) is 10.0 Å². The Balaban J connectivity index is 1.94. The molecule has 0 radical (unpaired) electrons. The summed E-state index contributed by atoms with van der Waals surface area (Å²) in [7, 11) is -4.67. The Morgan fingerprint density at radius 2 is 1.97 bits per heavy atom. The third-order valence-corrected chi connectivity index (χ3v) is 5.06. The summed E-state index contributed by atoms with van der Waals surface area (Å²) in [5.74, 6) is -1.95. The van der Waals surface area contributed by atoms with Gasteiger partial charge in [-0.2, -0.15) is 18.3 Å². The molecule has 2 N–H and O–H groups in total. The van der Waals surface area contributed by atoms with Gasteiger partial charge in [0, 0.05) is 18.0 Å². The predicted octanol–water partition coefficient (Wildman–Crippen LogP) is 3.92. The Morgan fingerprint density at radius 1 is 1.17 bits per heavy atom. The molecule has 0 saturated carbocycles. The van der Waals surface area contributed by atoms with E-state index >= 15 is 0 Å². The number of aromatic nitrogens is 3. The second-order valence-electron chi connectivity index (χ2n) is 6.17. The molecule has 1 unspecified atom stereocenters. The maximum atomic E-state index is 12.6. The van der Waals surface area contributed by atoms with Crippen molar-refractivity contribution in [2.75, 3.05) is 10.5 Å². The first-order chi connectivity index (χ1) is 13.6. The largest absolute Gasteiger partial charge is 0.482 e. The summed E-state index contributed by atoms with van der Waals surface area (Å²) >= 11 is 0. The van der Waals surface area contributed by atoms with Gasteiger partial charge < -0.3 is 4.74 Å². The number of pyridine rings is 1. The lowest BCUT2D eigenvalue weighted by molar-refractivity contribution is -0.106. The van der Waals surface area contributed by atoms with Crippen LogP contribution in [0, 0.1) is 0 Å².